The molecule has 0 aliphatic carbocycles. The molecule has 2 aromatic carbocycles. The average molecular weight is 563 g/mol. The number of ether oxygens (including phenoxy) is 3. The number of ketones is 1. The normalized spacial score (nSPS) is 16.2. The van der Waals surface area contributed by atoms with E-state index in [2.05, 4.69) is 18.5 Å². The second-order valence-corrected chi connectivity index (χ2v) is 9.95. The fraction of sp³-hybridized carbons (Fsp3) is 0.267. The third kappa shape index (κ3) is 5.76. The molecule has 1 N–H and O–H groups in total. The summed E-state index contributed by atoms with van der Waals surface area (Å²) in [5, 5.41) is 11.6. The lowest BCUT2D eigenvalue weighted by Crippen LogP contribution is -2.29. The number of anilines is 1. The van der Waals surface area contributed by atoms with Gasteiger partial charge in [-0.1, -0.05) is 61.6 Å². The van der Waals surface area contributed by atoms with Crippen molar-refractivity contribution in [1.29, 1.82) is 0 Å². The standard InChI is InChI=1S/C30H30N2O7S/c1-5-7-16-38-22-10-8-9-20(17-22)25(33)23-24(19-11-13-21(37-4)14-12-19)32(28(35)26(23)34)30-31-18(3)27(40-30)29(36)39-15-6-2/h6,8-14,17,24,33H,2,5,7,15-16H2,1,3-4H3/b25-23+. The van der Waals surface area contributed by atoms with Crippen LogP contribution < -0.4 is 14.4 Å². The predicted molar refractivity (Wildman–Crippen MR) is 152 cm³/mol. The van der Waals surface area contributed by atoms with E-state index in [-0.39, 0.29) is 27.9 Å². The molecular weight excluding hydrogens is 532 g/mol. The Hall–Kier alpha value is -4.44. The molecule has 0 saturated carbocycles. The van der Waals surface area contributed by atoms with Gasteiger partial charge < -0.3 is 19.3 Å². The molecule has 1 unspecified atom stereocenters. The molecule has 1 atom stereocenters. The SMILES string of the molecule is C=CCOC(=O)c1sc(N2C(=O)C(=O)/C(=C(/O)c3cccc(OCCCC)c3)C2c2ccc(OC)cc2)nc1C. The summed E-state index contributed by atoms with van der Waals surface area (Å²) < 4.78 is 16.2. The highest BCUT2D eigenvalue weighted by Gasteiger charge is 2.48. The molecule has 1 aliphatic heterocycles. The number of methoxy groups -OCH3 is 1. The molecule has 1 aliphatic rings. The number of amides is 1. The van der Waals surface area contributed by atoms with Gasteiger partial charge in [-0.25, -0.2) is 9.78 Å². The molecule has 2 heterocycles. The van der Waals surface area contributed by atoms with Crippen molar-refractivity contribution in [2.24, 2.45) is 0 Å². The van der Waals surface area contributed by atoms with E-state index in [1.54, 1.807) is 55.5 Å². The predicted octanol–water partition coefficient (Wildman–Crippen LogP) is 5.61. The van der Waals surface area contributed by atoms with Crippen LogP contribution in [-0.4, -0.2) is 48.1 Å². The first kappa shape index (κ1) is 28.6. The molecule has 1 fully saturated rings. The second-order valence-electron chi connectivity index (χ2n) is 8.97. The van der Waals surface area contributed by atoms with Crippen molar-refractivity contribution in [3.8, 4) is 11.5 Å². The van der Waals surface area contributed by atoms with Gasteiger partial charge in [-0.3, -0.25) is 14.5 Å². The summed E-state index contributed by atoms with van der Waals surface area (Å²) in [6.07, 6.45) is 3.28. The van der Waals surface area contributed by atoms with E-state index in [4.69, 9.17) is 14.2 Å². The number of aryl methyl sites for hydroxylation is 1. The number of aliphatic hydroxyl groups is 1. The van der Waals surface area contributed by atoms with Crippen LogP contribution >= 0.6 is 11.3 Å². The van der Waals surface area contributed by atoms with Crippen LogP contribution in [0.3, 0.4) is 0 Å². The van der Waals surface area contributed by atoms with E-state index < -0.39 is 23.7 Å². The maximum Gasteiger partial charge on any atom is 0.350 e. The van der Waals surface area contributed by atoms with Crippen LogP contribution in [0.4, 0.5) is 5.13 Å². The van der Waals surface area contributed by atoms with Crippen molar-refractivity contribution in [3.63, 3.8) is 0 Å². The van der Waals surface area contributed by atoms with Gasteiger partial charge in [-0.2, -0.15) is 0 Å². The summed E-state index contributed by atoms with van der Waals surface area (Å²) >= 11 is 0.934. The Morgan fingerprint density at radius 2 is 1.93 bits per heavy atom. The van der Waals surface area contributed by atoms with Gasteiger partial charge in [0.2, 0.25) is 0 Å². The summed E-state index contributed by atoms with van der Waals surface area (Å²) in [5.41, 5.74) is 1.11. The lowest BCUT2D eigenvalue weighted by molar-refractivity contribution is -0.132. The van der Waals surface area contributed by atoms with Crippen molar-refractivity contribution in [2.75, 3.05) is 25.2 Å². The number of unbranched alkanes of at least 4 members (excludes halogenated alkanes) is 1. The number of aromatic nitrogens is 1. The van der Waals surface area contributed by atoms with E-state index in [9.17, 15) is 19.5 Å². The zero-order chi connectivity index (χ0) is 28.8. The highest BCUT2D eigenvalue weighted by Crippen LogP contribution is 2.44. The molecule has 0 radical (unpaired) electrons. The van der Waals surface area contributed by atoms with Gasteiger partial charge in [-0.15, -0.1) is 0 Å². The Balaban J connectivity index is 1.83. The average Bonchev–Trinajstić information content (AvgIpc) is 3.48. The molecule has 40 heavy (non-hydrogen) atoms. The van der Waals surface area contributed by atoms with E-state index >= 15 is 0 Å². The number of carbonyl (C=O) groups is 3. The lowest BCUT2D eigenvalue weighted by atomic mass is 9.95. The summed E-state index contributed by atoms with van der Waals surface area (Å²) in [7, 11) is 1.53. The van der Waals surface area contributed by atoms with Crippen molar-refractivity contribution < 1.29 is 33.7 Å². The number of rotatable bonds is 11. The number of thiazole rings is 1. The third-order valence-electron chi connectivity index (χ3n) is 6.26. The minimum atomic E-state index is -1.02. The highest BCUT2D eigenvalue weighted by atomic mass is 32.1. The zero-order valence-electron chi connectivity index (χ0n) is 22.5. The smallest absolute Gasteiger partial charge is 0.350 e. The van der Waals surface area contributed by atoms with Gasteiger partial charge in [0.15, 0.2) is 5.13 Å². The molecule has 1 saturated heterocycles. The van der Waals surface area contributed by atoms with Gasteiger partial charge in [0, 0.05) is 5.56 Å². The molecule has 0 bridgehead atoms. The van der Waals surface area contributed by atoms with Crippen LogP contribution in [0.1, 0.15) is 52.3 Å². The van der Waals surface area contributed by atoms with Gasteiger partial charge in [0.1, 0.15) is 28.7 Å². The first-order valence-electron chi connectivity index (χ1n) is 12.7. The van der Waals surface area contributed by atoms with E-state index in [1.165, 1.54) is 18.1 Å². The molecule has 4 rings (SSSR count). The number of nitrogens with zero attached hydrogens (tertiary/aromatic N) is 2. The highest BCUT2D eigenvalue weighted by molar-refractivity contribution is 7.17. The molecular formula is C30H30N2O7S. The largest absolute Gasteiger partial charge is 0.507 e. The minimum Gasteiger partial charge on any atom is -0.507 e. The molecule has 0 spiro atoms. The Morgan fingerprint density at radius 1 is 1.18 bits per heavy atom. The van der Waals surface area contributed by atoms with E-state index in [1.807, 2.05) is 0 Å². The van der Waals surface area contributed by atoms with Gasteiger partial charge >= 0.3 is 11.9 Å². The molecule has 9 nitrogen and oxygen atoms in total. The number of hydrogen-bond acceptors (Lipinski definition) is 9. The molecule has 1 amide bonds. The first-order chi connectivity index (χ1) is 19.3. The molecule has 10 heteroatoms. The van der Waals surface area contributed by atoms with Crippen LogP contribution in [0.5, 0.6) is 11.5 Å². The van der Waals surface area contributed by atoms with Gasteiger partial charge in [0.05, 0.1) is 31.0 Å². The van der Waals surface area contributed by atoms with Gasteiger partial charge in [0.25, 0.3) is 5.78 Å². The van der Waals surface area contributed by atoms with Crippen molar-refractivity contribution >= 4 is 39.9 Å². The Bertz CT molecular complexity index is 1460. The maximum atomic E-state index is 13.5. The minimum absolute atomic E-state index is 0.0170. The number of aliphatic hydroxyl groups excluding tert-OH is 1. The third-order valence-corrected chi connectivity index (χ3v) is 7.40. The summed E-state index contributed by atoms with van der Waals surface area (Å²) in [5.74, 6) is -1.60. The monoisotopic (exact) mass is 562 g/mol. The summed E-state index contributed by atoms with van der Waals surface area (Å²) in [6.45, 7) is 7.74. The van der Waals surface area contributed by atoms with E-state index in [0.717, 1.165) is 24.2 Å². The topological polar surface area (TPSA) is 115 Å². The number of Topliss-reactive ketones (excluding diaryl/α,β-unsaturated/α-hetero) is 1. The van der Waals surface area contributed by atoms with Gasteiger partial charge in [-0.05, 0) is 43.2 Å². The van der Waals surface area contributed by atoms with Crippen LogP contribution in [0.25, 0.3) is 5.76 Å². The van der Waals surface area contributed by atoms with Crippen molar-refractivity contribution in [1.82, 2.24) is 4.98 Å². The van der Waals surface area contributed by atoms with Crippen LogP contribution in [0.2, 0.25) is 0 Å². The quantitative estimate of drug-likeness (QED) is 0.0801. The number of hydrogen-bond donors (Lipinski definition) is 1. The molecule has 1 aromatic heterocycles. The first-order valence-corrected chi connectivity index (χ1v) is 13.6. The fourth-order valence-corrected chi connectivity index (χ4v) is 5.22. The fourth-order valence-electron chi connectivity index (χ4n) is 4.23. The number of benzene rings is 2. The van der Waals surface area contributed by atoms with Crippen LogP contribution in [0.15, 0.2) is 66.8 Å². The Morgan fingerprint density at radius 3 is 2.60 bits per heavy atom. The van der Waals surface area contributed by atoms with Crippen molar-refractivity contribution in [3.05, 3.63) is 88.5 Å². The van der Waals surface area contributed by atoms with E-state index in [0.29, 0.717) is 34.9 Å². The zero-order valence-corrected chi connectivity index (χ0v) is 23.3. The Labute approximate surface area is 236 Å². The summed E-state index contributed by atoms with van der Waals surface area (Å²) in [4.78, 5) is 45.4. The summed E-state index contributed by atoms with van der Waals surface area (Å²) in [6, 6.07) is 12.5. The van der Waals surface area contributed by atoms with Crippen LogP contribution in [-0.2, 0) is 14.3 Å². The Kier molecular flexibility index (Phi) is 9.00. The number of carbonyl (C=O) groups excluding carboxylic acids is 3. The van der Waals surface area contributed by atoms with Crippen LogP contribution in [0, 0.1) is 6.92 Å². The van der Waals surface area contributed by atoms with Crippen molar-refractivity contribution in [2.45, 2.75) is 32.7 Å². The number of esters is 1. The molecule has 3 aromatic rings. The molecule has 208 valence electrons. The maximum absolute atomic E-state index is 13.5. The second kappa shape index (κ2) is 12.6. The lowest BCUT2D eigenvalue weighted by Gasteiger charge is -2.23.